The molecule has 0 radical (unpaired) electrons. The predicted octanol–water partition coefficient (Wildman–Crippen LogP) is 3.92. The smallest absolute Gasteiger partial charge is 0.129 e. The number of aromatic nitrogens is 2. The van der Waals surface area contributed by atoms with Crippen molar-refractivity contribution < 1.29 is 0 Å². The Hall–Kier alpha value is -1.41. The Morgan fingerprint density at radius 3 is 2.38 bits per heavy atom. The summed E-state index contributed by atoms with van der Waals surface area (Å²) >= 11 is 5.92. The molecule has 0 saturated carbocycles. The summed E-state index contributed by atoms with van der Waals surface area (Å²) in [5.74, 6) is 0.349. The Morgan fingerprint density at radius 2 is 1.75 bits per heavy atom. The van der Waals surface area contributed by atoms with Gasteiger partial charge in [-0.15, -0.1) is 0 Å². The summed E-state index contributed by atoms with van der Waals surface area (Å²) in [6.45, 7) is 4.23. The molecule has 2 aromatic rings. The van der Waals surface area contributed by atoms with Gasteiger partial charge < -0.3 is 0 Å². The zero-order valence-electron chi connectivity index (χ0n) is 9.31. The molecule has 82 valence electrons. The van der Waals surface area contributed by atoms with E-state index in [9.17, 15) is 0 Å². The quantitative estimate of drug-likeness (QED) is 0.734. The van der Waals surface area contributed by atoms with Crippen LogP contribution in [0.1, 0.15) is 25.5 Å². The lowest BCUT2D eigenvalue weighted by Crippen LogP contribution is -1.97. The molecule has 2 aromatic heterocycles. The normalized spacial score (nSPS) is 10.8. The van der Waals surface area contributed by atoms with E-state index in [1.54, 1.807) is 12.4 Å². The topological polar surface area (TPSA) is 25.8 Å². The fourth-order valence-corrected chi connectivity index (χ4v) is 1.82. The highest BCUT2D eigenvalue weighted by atomic mass is 35.5. The van der Waals surface area contributed by atoms with Gasteiger partial charge in [0.25, 0.3) is 0 Å². The van der Waals surface area contributed by atoms with Gasteiger partial charge in [0.15, 0.2) is 0 Å². The number of pyridine rings is 2. The van der Waals surface area contributed by atoms with Crippen LogP contribution in [-0.2, 0) is 0 Å². The Balaban J connectivity index is 2.57. The van der Waals surface area contributed by atoms with Crippen LogP contribution in [0.4, 0.5) is 0 Å². The van der Waals surface area contributed by atoms with Crippen molar-refractivity contribution in [3.8, 4) is 11.1 Å². The van der Waals surface area contributed by atoms with Gasteiger partial charge in [-0.05, 0) is 35.7 Å². The van der Waals surface area contributed by atoms with E-state index in [1.165, 1.54) is 0 Å². The van der Waals surface area contributed by atoms with E-state index < -0.39 is 0 Å². The predicted molar refractivity (Wildman–Crippen MR) is 66.6 cm³/mol. The van der Waals surface area contributed by atoms with Gasteiger partial charge >= 0.3 is 0 Å². The maximum Gasteiger partial charge on any atom is 0.129 e. The Kier molecular flexibility index (Phi) is 3.20. The molecule has 2 nitrogen and oxygen atoms in total. The molecule has 0 aliphatic rings. The molecule has 0 saturated heterocycles. The van der Waals surface area contributed by atoms with E-state index in [1.807, 2.05) is 24.3 Å². The zero-order valence-corrected chi connectivity index (χ0v) is 10.1. The number of nitrogens with zero attached hydrogens (tertiary/aromatic N) is 2. The average Bonchev–Trinajstić information content (AvgIpc) is 2.30. The van der Waals surface area contributed by atoms with Gasteiger partial charge in [-0.1, -0.05) is 25.4 Å². The van der Waals surface area contributed by atoms with Crippen LogP contribution in [0.3, 0.4) is 0 Å². The standard InChI is InChI=1S/C13H13ClN2/c1-9(2)13-11(3-4-12(14)16-13)10-5-7-15-8-6-10/h3-9H,1-2H3. The molecule has 0 aromatic carbocycles. The first-order chi connectivity index (χ1) is 7.68. The Labute approximate surface area is 100 Å². The molecule has 0 aliphatic heterocycles. The molecule has 0 spiro atoms. The molecule has 0 bridgehead atoms. The lowest BCUT2D eigenvalue weighted by atomic mass is 9.99. The highest BCUT2D eigenvalue weighted by Gasteiger charge is 2.10. The molecular weight excluding hydrogens is 220 g/mol. The molecule has 0 N–H and O–H groups in total. The molecule has 3 heteroatoms. The second-order valence-electron chi connectivity index (χ2n) is 3.96. The van der Waals surface area contributed by atoms with Gasteiger partial charge in [0.1, 0.15) is 5.15 Å². The average molecular weight is 233 g/mol. The molecule has 0 aliphatic carbocycles. The lowest BCUT2D eigenvalue weighted by Gasteiger charge is -2.11. The summed E-state index contributed by atoms with van der Waals surface area (Å²) in [5, 5.41) is 0.543. The van der Waals surface area contributed by atoms with Crippen LogP contribution in [0.15, 0.2) is 36.7 Å². The van der Waals surface area contributed by atoms with Crippen LogP contribution in [-0.4, -0.2) is 9.97 Å². The van der Waals surface area contributed by atoms with Crippen molar-refractivity contribution in [3.63, 3.8) is 0 Å². The summed E-state index contributed by atoms with van der Waals surface area (Å²) in [7, 11) is 0. The lowest BCUT2D eigenvalue weighted by molar-refractivity contribution is 0.826. The maximum atomic E-state index is 5.92. The summed E-state index contributed by atoms with van der Waals surface area (Å²) in [5.41, 5.74) is 3.28. The third kappa shape index (κ3) is 2.22. The van der Waals surface area contributed by atoms with E-state index in [0.29, 0.717) is 11.1 Å². The maximum absolute atomic E-state index is 5.92. The number of hydrogen-bond donors (Lipinski definition) is 0. The van der Waals surface area contributed by atoms with Crippen LogP contribution >= 0.6 is 11.6 Å². The third-order valence-corrected chi connectivity index (χ3v) is 2.64. The van der Waals surface area contributed by atoms with Crippen molar-refractivity contribution in [3.05, 3.63) is 47.5 Å². The molecule has 0 atom stereocenters. The minimum atomic E-state index is 0.349. The molecule has 0 fully saturated rings. The van der Waals surface area contributed by atoms with Crippen molar-refractivity contribution in [2.24, 2.45) is 0 Å². The first-order valence-corrected chi connectivity index (χ1v) is 5.63. The van der Waals surface area contributed by atoms with E-state index in [-0.39, 0.29) is 0 Å². The molecule has 2 rings (SSSR count). The van der Waals surface area contributed by atoms with Crippen LogP contribution in [0.5, 0.6) is 0 Å². The van der Waals surface area contributed by atoms with Gasteiger partial charge in [-0.2, -0.15) is 0 Å². The molecule has 0 unspecified atom stereocenters. The molecule has 0 amide bonds. The van der Waals surface area contributed by atoms with Crippen molar-refractivity contribution in [1.29, 1.82) is 0 Å². The minimum absolute atomic E-state index is 0.349. The van der Waals surface area contributed by atoms with E-state index in [0.717, 1.165) is 16.8 Å². The zero-order chi connectivity index (χ0) is 11.5. The van der Waals surface area contributed by atoms with Crippen LogP contribution < -0.4 is 0 Å². The van der Waals surface area contributed by atoms with Crippen molar-refractivity contribution in [2.75, 3.05) is 0 Å². The number of halogens is 1. The fourth-order valence-electron chi connectivity index (χ4n) is 1.67. The van der Waals surface area contributed by atoms with Gasteiger partial charge in [-0.3, -0.25) is 4.98 Å². The number of rotatable bonds is 2. The Bertz CT molecular complexity index is 481. The highest BCUT2D eigenvalue weighted by Crippen LogP contribution is 2.28. The third-order valence-electron chi connectivity index (χ3n) is 2.43. The summed E-state index contributed by atoms with van der Waals surface area (Å²) < 4.78 is 0. The van der Waals surface area contributed by atoms with Crippen LogP contribution in [0.25, 0.3) is 11.1 Å². The van der Waals surface area contributed by atoms with Crippen LogP contribution in [0, 0.1) is 0 Å². The largest absolute Gasteiger partial charge is 0.265 e. The van der Waals surface area contributed by atoms with Crippen molar-refractivity contribution >= 4 is 11.6 Å². The summed E-state index contributed by atoms with van der Waals surface area (Å²) in [6, 6.07) is 7.80. The Morgan fingerprint density at radius 1 is 1.06 bits per heavy atom. The summed E-state index contributed by atoms with van der Waals surface area (Å²) in [4.78, 5) is 8.41. The van der Waals surface area contributed by atoms with Gasteiger partial charge in [-0.25, -0.2) is 4.98 Å². The second kappa shape index (κ2) is 4.62. The van der Waals surface area contributed by atoms with Gasteiger partial charge in [0.05, 0.1) is 5.69 Å². The highest BCUT2D eigenvalue weighted by molar-refractivity contribution is 6.29. The molecule has 16 heavy (non-hydrogen) atoms. The van der Waals surface area contributed by atoms with Gasteiger partial charge in [0, 0.05) is 18.0 Å². The molecular formula is C13H13ClN2. The minimum Gasteiger partial charge on any atom is -0.265 e. The fraction of sp³-hybridized carbons (Fsp3) is 0.231. The van der Waals surface area contributed by atoms with E-state index >= 15 is 0 Å². The van der Waals surface area contributed by atoms with E-state index in [4.69, 9.17) is 11.6 Å². The second-order valence-corrected chi connectivity index (χ2v) is 4.34. The number of hydrogen-bond acceptors (Lipinski definition) is 2. The molecule has 2 heterocycles. The van der Waals surface area contributed by atoms with Gasteiger partial charge in [0.2, 0.25) is 0 Å². The first kappa shape index (κ1) is 11.1. The van der Waals surface area contributed by atoms with E-state index in [2.05, 4.69) is 23.8 Å². The van der Waals surface area contributed by atoms with Crippen LogP contribution in [0.2, 0.25) is 5.15 Å². The summed E-state index contributed by atoms with van der Waals surface area (Å²) in [6.07, 6.45) is 3.57. The van der Waals surface area contributed by atoms with Crippen molar-refractivity contribution in [1.82, 2.24) is 9.97 Å². The first-order valence-electron chi connectivity index (χ1n) is 5.25. The SMILES string of the molecule is CC(C)c1nc(Cl)ccc1-c1ccncc1. The monoisotopic (exact) mass is 232 g/mol. The van der Waals surface area contributed by atoms with Crippen molar-refractivity contribution in [2.45, 2.75) is 19.8 Å².